The average molecular weight is 326 g/mol. The van der Waals surface area contributed by atoms with Gasteiger partial charge in [-0.15, -0.1) is 0 Å². The van der Waals surface area contributed by atoms with E-state index in [0.29, 0.717) is 16.9 Å². The van der Waals surface area contributed by atoms with Gasteiger partial charge in [0.2, 0.25) is 5.91 Å². The number of aromatic nitrogens is 3. The Morgan fingerprint density at radius 2 is 2.00 bits per heavy atom. The fraction of sp³-hybridized carbons (Fsp3) is 0.294. The molecular weight excluding hydrogens is 308 g/mol. The molecule has 7 nitrogen and oxygen atoms in total. The lowest BCUT2D eigenvalue weighted by atomic mass is 10.1. The van der Waals surface area contributed by atoms with Crippen molar-refractivity contribution >= 4 is 17.0 Å². The minimum absolute atomic E-state index is 0.102. The molecule has 2 heterocycles. The van der Waals surface area contributed by atoms with E-state index in [4.69, 9.17) is 4.52 Å². The molecule has 2 aromatic heterocycles. The maximum absolute atomic E-state index is 12.6. The maximum atomic E-state index is 12.6. The van der Waals surface area contributed by atoms with E-state index in [-0.39, 0.29) is 29.8 Å². The van der Waals surface area contributed by atoms with Gasteiger partial charge in [0.1, 0.15) is 17.8 Å². The van der Waals surface area contributed by atoms with Crippen LogP contribution in [0.5, 0.6) is 0 Å². The maximum Gasteiger partial charge on any atom is 0.267 e. The first kappa shape index (κ1) is 15.9. The van der Waals surface area contributed by atoms with Gasteiger partial charge in [0.05, 0.1) is 11.7 Å². The second-order valence-corrected chi connectivity index (χ2v) is 5.70. The SMILES string of the molecule is Cc1noc2nc(C)n(CC(=O)N[C@H](C)c3ccccc3)c(=O)c12. The molecule has 0 fully saturated rings. The van der Waals surface area contributed by atoms with Crippen LogP contribution >= 0.6 is 0 Å². The van der Waals surface area contributed by atoms with Crippen LogP contribution in [0.1, 0.15) is 30.0 Å². The van der Waals surface area contributed by atoms with E-state index in [1.165, 1.54) is 4.57 Å². The summed E-state index contributed by atoms with van der Waals surface area (Å²) in [5.41, 5.74) is 1.34. The number of fused-ring (bicyclic) bond motifs is 1. The molecule has 0 aliphatic heterocycles. The molecule has 7 heteroatoms. The molecule has 3 rings (SSSR count). The first-order valence-electron chi connectivity index (χ1n) is 7.65. The highest BCUT2D eigenvalue weighted by Crippen LogP contribution is 2.13. The molecule has 0 radical (unpaired) electrons. The summed E-state index contributed by atoms with van der Waals surface area (Å²) in [6.07, 6.45) is 0. The molecule has 3 aromatic rings. The first-order chi connectivity index (χ1) is 11.5. The summed E-state index contributed by atoms with van der Waals surface area (Å²) in [5, 5.41) is 6.95. The fourth-order valence-electron chi connectivity index (χ4n) is 2.61. The molecule has 1 atom stereocenters. The quantitative estimate of drug-likeness (QED) is 0.790. The van der Waals surface area contributed by atoms with Crippen molar-refractivity contribution in [2.45, 2.75) is 33.4 Å². The highest BCUT2D eigenvalue weighted by Gasteiger charge is 2.17. The van der Waals surface area contributed by atoms with Crippen molar-refractivity contribution in [3.63, 3.8) is 0 Å². The molecule has 124 valence electrons. The van der Waals surface area contributed by atoms with Gasteiger partial charge in [0.15, 0.2) is 0 Å². The number of carbonyl (C=O) groups is 1. The van der Waals surface area contributed by atoms with Crippen LogP contribution in [-0.4, -0.2) is 20.6 Å². The normalized spacial score (nSPS) is 12.3. The molecule has 0 bridgehead atoms. The minimum atomic E-state index is -0.321. The monoisotopic (exact) mass is 326 g/mol. The summed E-state index contributed by atoms with van der Waals surface area (Å²) in [6, 6.07) is 9.48. The number of nitrogens with one attached hydrogen (secondary N) is 1. The molecule has 1 N–H and O–H groups in total. The number of nitrogens with zero attached hydrogens (tertiary/aromatic N) is 3. The molecule has 0 aliphatic carbocycles. The smallest absolute Gasteiger partial charge is 0.267 e. The summed E-state index contributed by atoms with van der Waals surface area (Å²) in [4.78, 5) is 29.1. The van der Waals surface area contributed by atoms with Gasteiger partial charge < -0.3 is 9.84 Å². The molecule has 0 aliphatic rings. The highest BCUT2D eigenvalue weighted by atomic mass is 16.5. The molecule has 0 spiro atoms. The van der Waals surface area contributed by atoms with E-state index in [2.05, 4.69) is 15.5 Å². The van der Waals surface area contributed by atoms with Crippen LogP contribution < -0.4 is 10.9 Å². The van der Waals surface area contributed by atoms with Crippen LogP contribution in [0.25, 0.3) is 11.1 Å². The van der Waals surface area contributed by atoms with Crippen LogP contribution in [0.3, 0.4) is 0 Å². The Morgan fingerprint density at radius 3 is 2.71 bits per heavy atom. The summed E-state index contributed by atoms with van der Waals surface area (Å²) >= 11 is 0. The van der Waals surface area contributed by atoms with Gasteiger partial charge in [-0.1, -0.05) is 35.5 Å². The van der Waals surface area contributed by atoms with Gasteiger partial charge in [-0.2, -0.15) is 4.98 Å². The average Bonchev–Trinajstić information content (AvgIpc) is 2.93. The van der Waals surface area contributed by atoms with Crippen molar-refractivity contribution in [1.29, 1.82) is 0 Å². The van der Waals surface area contributed by atoms with Crippen molar-refractivity contribution in [1.82, 2.24) is 20.0 Å². The second kappa shape index (κ2) is 6.27. The van der Waals surface area contributed by atoms with Crippen LogP contribution in [0.4, 0.5) is 0 Å². The van der Waals surface area contributed by atoms with Crippen molar-refractivity contribution < 1.29 is 9.32 Å². The Balaban J connectivity index is 1.83. The van der Waals surface area contributed by atoms with Gasteiger partial charge in [0, 0.05) is 0 Å². The third kappa shape index (κ3) is 2.92. The largest absolute Gasteiger partial charge is 0.348 e. The van der Waals surface area contributed by atoms with Crippen molar-refractivity contribution in [3.05, 3.63) is 57.8 Å². The topological polar surface area (TPSA) is 90.0 Å². The molecule has 1 aromatic carbocycles. The van der Waals surface area contributed by atoms with Crippen LogP contribution in [0, 0.1) is 13.8 Å². The van der Waals surface area contributed by atoms with E-state index in [9.17, 15) is 9.59 Å². The Labute approximate surface area is 138 Å². The molecule has 24 heavy (non-hydrogen) atoms. The summed E-state index contributed by atoms with van der Waals surface area (Å²) in [5.74, 6) is 0.151. The highest BCUT2D eigenvalue weighted by molar-refractivity contribution is 5.78. The fourth-order valence-corrected chi connectivity index (χ4v) is 2.61. The van der Waals surface area contributed by atoms with Crippen LogP contribution in [-0.2, 0) is 11.3 Å². The van der Waals surface area contributed by atoms with E-state index >= 15 is 0 Å². The van der Waals surface area contributed by atoms with Gasteiger partial charge in [-0.25, -0.2) is 0 Å². The summed E-state index contributed by atoms with van der Waals surface area (Å²) < 4.78 is 6.35. The second-order valence-electron chi connectivity index (χ2n) is 5.70. The van der Waals surface area contributed by atoms with Crippen molar-refractivity contribution in [2.75, 3.05) is 0 Å². The lowest BCUT2D eigenvalue weighted by Crippen LogP contribution is -2.35. The number of rotatable bonds is 4. The van der Waals surface area contributed by atoms with E-state index in [1.54, 1.807) is 13.8 Å². The van der Waals surface area contributed by atoms with Gasteiger partial charge in [-0.3, -0.25) is 14.2 Å². The van der Waals surface area contributed by atoms with Crippen molar-refractivity contribution in [3.8, 4) is 0 Å². The number of amides is 1. The zero-order valence-electron chi connectivity index (χ0n) is 13.7. The lowest BCUT2D eigenvalue weighted by molar-refractivity contribution is -0.122. The van der Waals surface area contributed by atoms with E-state index < -0.39 is 0 Å². The molecule has 0 saturated carbocycles. The molecule has 0 unspecified atom stereocenters. The van der Waals surface area contributed by atoms with Gasteiger partial charge in [-0.05, 0) is 26.3 Å². The number of benzene rings is 1. The Bertz CT molecular complexity index is 944. The van der Waals surface area contributed by atoms with Gasteiger partial charge >= 0.3 is 0 Å². The predicted octanol–water partition coefficient (Wildman–Crippen LogP) is 1.88. The number of aryl methyl sites for hydroxylation is 2. The standard InChI is InChI=1S/C17H18N4O3/c1-10(13-7-5-4-6-8-13)18-14(22)9-21-12(3)19-16-15(17(21)23)11(2)20-24-16/h4-8,10H,9H2,1-3H3,(H,18,22)/t10-/m1/s1. The zero-order valence-corrected chi connectivity index (χ0v) is 13.7. The number of hydrogen-bond donors (Lipinski definition) is 1. The first-order valence-corrected chi connectivity index (χ1v) is 7.65. The summed E-state index contributed by atoms with van der Waals surface area (Å²) in [7, 11) is 0. The Kier molecular flexibility index (Phi) is 4.16. The number of hydrogen-bond acceptors (Lipinski definition) is 5. The van der Waals surface area contributed by atoms with E-state index in [1.807, 2.05) is 37.3 Å². The zero-order chi connectivity index (χ0) is 17.3. The molecule has 0 saturated heterocycles. The third-order valence-electron chi connectivity index (χ3n) is 3.94. The van der Waals surface area contributed by atoms with E-state index in [0.717, 1.165) is 5.56 Å². The molecule has 1 amide bonds. The van der Waals surface area contributed by atoms with Crippen LogP contribution in [0.15, 0.2) is 39.6 Å². The summed E-state index contributed by atoms with van der Waals surface area (Å²) in [6.45, 7) is 5.13. The third-order valence-corrected chi connectivity index (χ3v) is 3.94. The van der Waals surface area contributed by atoms with Crippen molar-refractivity contribution in [2.24, 2.45) is 0 Å². The minimum Gasteiger partial charge on any atom is -0.348 e. The number of carbonyl (C=O) groups excluding carboxylic acids is 1. The Morgan fingerprint density at radius 1 is 1.29 bits per heavy atom. The predicted molar refractivity (Wildman–Crippen MR) is 88.5 cm³/mol. The Hall–Kier alpha value is -2.96. The molecular formula is C17H18N4O3. The van der Waals surface area contributed by atoms with Gasteiger partial charge in [0.25, 0.3) is 11.3 Å². The van der Waals surface area contributed by atoms with Crippen LogP contribution in [0.2, 0.25) is 0 Å². The lowest BCUT2D eigenvalue weighted by Gasteiger charge is -2.15.